The number of carbonyl (C=O) groups excluding carboxylic acids is 1. The molecule has 0 saturated carbocycles. The Morgan fingerprint density at radius 1 is 1.06 bits per heavy atom. The van der Waals surface area contributed by atoms with Crippen LogP contribution in [0.15, 0.2) is 54.6 Å². The fourth-order valence-electron chi connectivity index (χ4n) is 3.79. The lowest BCUT2D eigenvalue weighted by atomic mass is 10.0. The molecule has 0 radical (unpaired) electrons. The molecule has 0 aliphatic carbocycles. The van der Waals surface area contributed by atoms with E-state index in [2.05, 4.69) is 4.98 Å². The van der Waals surface area contributed by atoms with Gasteiger partial charge in [0.2, 0.25) is 5.88 Å². The van der Waals surface area contributed by atoms with Gasteiger partial charge in [0.05, 0.1) is 18.8 Å². The van der Waals surface area contributed by atoms with Crippen molar-refractivity contribution in [1.82, 2.24) is 9.88 Å². The maximum Gasteiger partial charge on any atom is 0.320 e. The lowest BCUT2D eigenvalue weighted by Crippen LogP contribution is -2.36. The molecule has 32 heavy (non-hydrogen) atoms. The van der Waals surface area contributed by atoms with Crippen molar-refractivity contribution in [3.05, 3.63) is 83.1 Å². The number of pyridine rings is 1. The Bertz CT molecular complexity index is 1120. The number of hydrogen-bond donors (Lipinski definition) is 0. The van der Waals surface area contributed by atoms with Gasteiger partial charge in [-0.25, -0.2) is 13.8 Å². The van der Waals surface area contributed by atoms with E-state index in [0.29, 0.717) is 37.6 Å². The zero-order valence-electron chi connectivity index (χ0n) is 17.8. The summed E-state index contributed by atoms with van der Waals surface area (Å²) < 4.78 is 39.9. The van der Waals surface area contributed by atoms with E-state index in [1.54, 1.807) is 49.4 Å². The minimum absolute atomic E-state index is 0.0190. The smallest absolute Gasteiger partial charge is 0.320 e. The minimum atomic E-state index is -0.509. The number of halogens is 2. The molecule has 2 aromatic carbocycles. The van der Waals surface area contributed by atoms with Crippen LogP contribution in [-0.4, -0.2) is 35.5 Å². The second kappa shape index (κ2) is 9.87. The third-order valence-corrected chi connectivity index (χ3v) is 5.38. The van der Waals surface area contributed by atoms with Crippen molar-refractivity contribution in [3.63, 3.8) is 0 Å². The molecule has 0 fully saturated rings. The largest absolute Gasteiger partial charge is 0.473 e. The number of fused-ring (bicyclic) bond motifs is 1. The molecule has 0 saturated heterocycles. The predicted molar refractivity (Wildman–Crippen MR) is 116 cm³/mol. The first-order chi connectivity index (χ1) is 15.5. The lowest BCUT2D eigenvalue weighted by molar-refractivity contribution is -0.144. The summed E-state index contributed by atoms with van der Waals surface area (Å²) in [5.74, 6) is -0.815. The average Bonchev–Trinajstić information content (AvgIpc) is 2.79. The van der Waals surface area contributed by atoms with E-state index in [-0.39, 0.29) is 30.2 Å². The number of nitrogens with zero attached hydrogens (tertiary/aromatic N) is 2. The monoisotopic (exact) mass is 438 g/mol. The minimum Gasteiger partial charge on any atom is -0.473 e. The molecule has 5 nitrogen and oxygen atoms in total. The van der Waals surface area contributed by atoms with Crippen LogP contribution >= 0.6 is 0 Å². The first-order valence-electron chi connectivity index (χ1n) is 10.6. The maximum atomic E-state index is 15.0. The Kier molecular flexibility index (Phi) is 6.75. The second-order valence-electron chi connectivity index (χ2n) is 7.57. The Hall–Kier alpha value is -3.32. The molecule has 0 bridgehead atoms. The highest BCUT2D eigenvalue weighted by molar-refractivity contribution is 5.71. The molecule has 0 spiro atoms. The van der Waals surface area contributed by atoms with Gasteiger partial charge in [0.15, 0.2) is 0 Å². The van der Waals surface area contributed by atoms with Crippen LogP contribution in [0, 0.1) is 11.6 Å². The van der Waals surface area contributed by atoms with Crippen molar-refractivity contribution >= 4 is 5.97 Å². The molecule has 0 N–H and O–H groups in total. The van der Waals surface area contributed by atoms with E-state index >= 15 is 4.39 Å². The van der Waals surface area contributed by atoms with Gasteiger partial charge in [-0.05, 0) is 18.6 Å². The Balaban J connectivity index is 1.43. The molecule has 4 rings (SSSR count). The molecule has 0 atom stereocenters. The first-order valence-corrected chi connectivity index (χ1v) is 10.6. The summed E-state index contributed by atoms with van der Waals surface area (Å²) in [7, 11) is 0. The van der Waals surface area contributed by atoms with Crippen molar-refractivity contribution in [2.24, 2.45) is 0 Å². The molecular weight excluding hydrogens is 414 g/mol. The molecule has 0 amide bonds. The normalized spacial score (nSPS) is 13.5. The Morgan fingerprint density at radius 2 is 1.88 bits per heavy atom. The third-order valence-electron chi connectivity index (χ3n) is 5.38. The van der Waals surface area contributed by atoms with Gasteiger partial charge < -0.3 is 9.47 Å². The van der Waals surface area contributed by atoms with Crippen molar-refractivity contribution in [2.45, 2.75) is 26.5 Å². The third kappa shape index (κ3) is 4.94. The highest BCUT2D eigenvalue weighted by Gasteiger charge is 2.21. The number of esters is 1. The summed E-state index contributed by atoms with van der Waals surface area (Å²) in [5.41, 5.74) is 2.67. The summed E-state index contributed by atoms with van der Waals surface area (Å²) >= 11 is 0. The zero-order chi connectivity index (χ0) is 22.5. The molecule has 166 valence electrons. The van der Waals surface area contributed by atoms with E-state index in [1.165, 1.54) is 6.07 Å². The standard InChI is InChI=1S/C25H24F2N2O3/c1-2-31-24(30)15-29-13-12-22-17(14-29)10-11-23(28-22)32-16-18-6-5-8-20(25(18)27)19-7-3-4-9-21(19)26/h3-11H,2,12-16H2,1H3. The number of benzene rings is 2. The first kappa shape index (κ1) is 21.9. The highest BCUT2D eigenvalue weighted by Crippen LogP contribution is 2.28. The molecule has 1 aromatic heterocycles. The van der Waals surface area contributed by atoms with E-state index in [4.69, 9.17) is 9.47 Å². The van der Waals surface area contributed by atoms with Crippen LogP contribution in [0.3, 0.4) is 0 Å². The van der Waals surface area contributed by atoms with E-state index in [9.17, 15) is 9.18 Å². The van der Waals surface area contributed by atoms with Gasteiger partial charge in [-0.1, -0.05) is 42.5 Å². The summed E-state index contributed by atoms with van der Waals surface area (Å²) in [4.78, 5) is 18.3. The summed E-state index contributed by atoms with van der Waals surface area (Å²) in [6.07, 6.45) is 0.684. The van der Waals surface area contributed by atoms with Gasteiger partial charge >= 0.3 is 5.97 Å². The van der Waals surface area contributed by atoms with E-state index < -0.39 is 11.6 Å². The lowest BCUT2D eigenvalue weighted by Gasteiger charge is -2.27. The quantitative estimate of drug-likeness (QED) is 0.508. The number of hydrogen-bond acceptors (Lipinski definition) is 5. The van der Waals surface area contributed by atoms with E-state index in [1.807, 2.05) is 11.0 Å². The summed E-state index contributed by atoms with van der Waals surface area (Å²) in [6.45, 7) is 3.70. The maximum absolute atomic E-state index is 15.0. The van der Waals surface area contributed by atoms with Gasteiger partial charge in [-0.15, -0.1) is 0 Å². The van der Waals surface area contributed by atoms with E-state index in [0.717, 1.165) is 11.3 Å². The second-order valence-corrected chi connectivity index (χ2v) is 7.57. The molecule has 1 aliphatic heterocycles. The van der Waals surface area contributed by atoms with Gasteiger partial charge in [-0.2, -0.15) is 0 Å². The molecule has 0 unspecified atom stereocenters. The van der Waals surface area contributed by atoms with Gasteiger partial charge in [0.25, 0.3) is 0 Å². The Labute approximate surface area is 185 Å². The predicted octanol–water partition coefficient (Wildman–Crippen LogP) is 4.53. The van der Waals surface area contributed by atoms with Crippen molar-refractivity contribution in [3.8, 4) is 17.0 Å². The van der Waals surface area contributed by atoms with Crippen LogP contribution in [0.25, 0.3) is 11.1 Å². The van der Waals surface area contributed by atoms with Gasteiger partial charge in [0, 0.05) is 42.3 Å². The van der Waals surface area contributed by atoms with Crippen molar-refractivity contribution in [2.75, 3.05) is 19.7 Å². The van der Waals surface area contributed by atoms with Crippen LogP contribution in [-0.2, 0) is 29.1 Å². The average molecular weight is 438 g/mol. The zero-order valence-corrected chi connectivity index (χ0v) is 17.8. The highest BCUT2D eigenvalue weighted by atomic mass is 19.1. The molecule has 1 aliphatic rings. The molecule has 3 aromatic rings. The topological polar surface area (TPSA) is 51.7 Å². The molecule has 2 heterocycles. The summed E-state index contributed by atoms with van der Waals surface area (Å²) in [5, 5.41) is 0. The van der Waals surface area contributed by atoms with Crippen LogP contribution < -0.4 is 4.74 Å². The molecule has 7 heteroatoms. The SMILES string of the molecule is CCOC(=O)CN1CCc2nc(OCc3cccc(-c4ccccc4F)c3F)ccc2C1. The van der Waals surface area contributed by atoms with Crippen LogP contribution in [0.1, 0.15) is 23.7 Å². The number of carbonyl (C=O) groups is 1. The van der Waals surface area contributed by atoms with Gasteiger partial charge in [0.1, 0.15) is 18.2 Å². The fourth-order valence-corrected chi connectivity index (χ4v) is 3.79. The Morgan fingerprint density at radius 3 is 2.69 bits per heavy atom. The van der Waals surface area contributed by atoms with Crippen LogP contribution in [0.5, 0.6) is 5.88 Å². The number of rotatable bonds is 7. The molecular formula is C25H24F2N2O3. The van der Waals surface area contributed by atoms with Crippen LogP contribution in [0.2, 0.25) is 0 Å². The number of ether oxygens (including phenoxy) is 2. The number of aromatic nitrogens is 1. The van der Waals surface area contributed by atoms with Crippen molar-refractivity contribution in [1.29, 1.82) is 0 Å². The summed E-state index contributed by atoms with van der Waals surface area (Å²) in [6, 6.07) is 14.6. The van der Waals surface area contributed by atoms with Crippen molar-refractivity contribution < 1.29 is 23.0 Å². The fraction of sp³-hybridized carbons (Fsp3) is 0.280. The van der Waals surface area contributed by atoms with Crippen LogP contribution in [0.4, 0.5) is 8.78 Å². The van der Waals surface area contributed by atoms with Gasteiger partial charge in [-0.3, -0.25) is 9.69 Å².